The summed E-state index contributed by atoms with van der Waals surface area (Å²) in [6, 6.07) is 8.16. The molecule has 272 valence electrons. The second-order valence-corrected chi connectivity index (χ2v) is 13.9. The quantitative estimate of drug-likeness (QED) is 0.282. The van der Waals surface area contributed by atoms with Gasteiger partial charge in [-0.25, -0.2) is 0 Å². The molecule has 1 spiro atoms. The maximum absolute atomic E-state index is 14.5. The third-order valence-electron chi connectivity index (χ3n) is 10.5. The topological polar surface area (TPSA) is 132 Å². The normalized spacial score (nSPS) is 18.2. The summed E-state index contributed by atoms with van der Waals surface area (Å²) in [5.74, 6) is 0.518. The number of ether oxygens (including phenoxy) is 2. The summed E-state index contributed by atoms with van der Waals surface area (Å²) in [5, 5.41) is 10.3. The molecule has 4 aromatic rings. The minimum absolute atomic E-state index is 0.0232. The number of fused-ring (bicyclic) bond motifs is 4. The van der Waals surface area contributed by atoms with Crippen LogP contribution in [0.3, 0.4) is 0 Å². The first-order valence-corrected chi connectivity index (χ1v) is 17.7. The van der Waals surface area contributed by atoms with E-state index in [1.54, 1.807) is 16.7 Å². The van der Waals surface area contributed by atoms with Crippen LogP contribution < -0.4 is 20.9 Å². The monoisotopic (exact) mass is 737 g/mol. The zero-order valence-electron chi connectivity index (χ0n) is 28.0. The molecule has 52 heavy (non-hydrogen) atoms. The Kier molecular flexibility index (Phi) is 8.73. The molecular formula is C36H35ClF3N7O5. The van der Waals surface area contributed by atoms with Gasteiger partial charge in [-0.05, 0) is 74.4 Å². The van der Waals surface area contributed by atoms with Gasteiger partial charge in [0.25, 0.3) is 11.5 Å². The van der Waals surface area contributed by atoms with Gasteiger partial charge in [-0.3, -0.25) is 14.4 Å². The smallest absolute Gasteiger partial charge is 0.416 e. The summed E-state index contributed by atoms with van der Waals surface area (Å²) in [6.07, 6.45) is 0.844. The van der Waals surface area contributed by atoms with Gasteiger partial charge in [-0.1, -0.05) is 23.7 Å². The molecule has 2 aromatic carbocycles. The molecule has 1 fully saturated rings. The molecule has 0 atom stereocenters. The van der Waals surface area contributed by atoms with Crippen LogP contribution in [0.5, 0.6) is 5.75 Å². The number of hydrogen-bond donors (Lipinski definition) is 2. The summed E-state index contributed by atoms with van der Waals surface area (Å²) in [6.45, 7) is 2.53. The van der Waals surface area contributed by atoms with E-state index in [1.807, 2.05) is 17.0 Å². The first-order chi connectivity index (χ1) is 25.0. The Labute approximate surface area is 300 Å². The molecule has 2 amide bonds. The van der Waals surface area contributed by atoms with Gasteiger partial charge in [0, 0.05) is 36.3 Å². The van der Waals surface area contributed by atoms with Gasteiger partial charge >= 0.3 is 6.18 Å². The number of aromatic nitrogens is 4. The predicted octanol–water partition coefficient (Wildman–Crippen LogP) is 5.32. The number of amides is 2. The van der Waals surface area contributed by atoms with Crippen LogP contribution in [0.25, 0.3) is 11.4 Å². The molecular weight excluding hydrogens is 703 g/mol. The average Bonchev–Trinajstić information content (AvgIpc) is 3.60. The summed E-state index contributed by atoms with van der Waals surface area (Å²) in [7, 11) is 0. The van der Waals surface area contributed by atoms with Crippen LogP contribution >= 0.6 is 11.6 Å². The molecule has 1 saturated heterocycles. The summed E-state index contributed by atoms with van der Waals surface area (Å²) < 4.78 is 53.9. The fourth-order valence-corrected chi connectivity index (χ4v) is 8.16. The van der Waals surface area contributed by atoms with E-state index in [0.29, 0.717) is 99.2 Å². The Morgan fingerprint density at radius 1 is 1.08 bits per heavy atom. The van der Waals surface area contributed by atoms with Crippen molar-refractivity contribution in [2.45, 2.75) is 56.7 Å². The first-order valence-electron chi connectivity index (χ1n) is 17.3. The lowest BCUT2D eigenvalue weighted by Crippen LogP contribution is -2.50. The van der Waals surface area contributed by atoms with Crippen molar-refractivity contribution in [3.8, 4) is 5.75 Å². The number of benzene rings is 2. The number of para-hydroxylation sites is 1. The molecule has 2 N–H and O–H groups in total. The third kappa shape index (κ3) is 6.08. The average molecular weight is 738 g/mol. The van der Waals surface area contributed by atoms with E-state index in [2.05, 4.69) is 15.7 Å². The molecule has 0 radical (unpaired) electrons. The van der Waals surface area contributed by atoms with Crippen LogP contribution in [0.15, 0.2) is 47.3 Å². The number of nitrogens with one attached hydrogen (secondary N) is 2. The second kappa shape index (κ2) is 13.3. The molecule has 0 unspecified atom stereocenters. The lowest BCUT2D eigenvalue weighted by Gasteiger charge is -2.45. The lowest BCUT2D eigenvalue weighted by atomic mass is 9.66. The zero-order chi connectivity index (χ0) is 36.2. The van der Waals surface area contributed by atoms with Gasteiger partial charge < -0.3 is 29.6 Å². The van der Waals surface area contributed by atoms with Crippen molar-refractivity contribution in [3.05, 3.63) is 86.1 Å². The fourth-order valence-electron chi connectivity index (χ4n) is 7.93. The number of carbonyl (C=O) groups excluding carboxylic acids is 2. The molecule has 12 nitrogen and oxygen atoms in total. The Morgan fingerprint density at radius 2 is 1.90 bits per heavy atom. The van der Waals surface area contributed by atoms with Crippen LogP contribution in [0.4, 0.5) is 24.5 Å². The van der Waals surface area contributed by atoms with Gasteiger partial charge in [0.2, 0.25) is 11.7 Å². The molecule has 16 heteroatoms. The molecule has 4 aliphatic rings. The largest absolute Gasteiger partial charge is 0.490 e. The van der Waals surface area contributed by atoms with E-state index in [9.17, 15) is 27.6 Å². The summed E-state index contributed by atoms with van der Waals surface area (Å²) in [5.41, 5.74) is 1.47. The Hall–Kier alpha value is -4.89. The number of halogens is 4. The van der Waals surface area contributed by atoms with Gasteiger partial charge in [0.15, 0.2) is 5.82 Å². The van der Waals surface area contributed by atoms with Crippen LogP contribution in [0, 0.1) is 0 Å². The van der Waals surface area contributed by atoms with Crippen molar-refractivity contribution >= 4 is 46.1 Å². The number of rotatable bonds is 5. The molecule has 0 saturated carbocycles. The number of likely N-dealkylation sites (tertiary alicyclic amines) is 1. The minimum atomic E-state index is -4.59. The van der Waals surface area contributed by atoms with Crippen LogP contribution in [0.1, 0.15) is 65.1 Å². The highest BCUT2D eigenvalue weighted by Gasteiger charge is 2.45. The van der Waals surface area contributed by atoms with Crippen LogP contribution in [-0.4, -0.2) is 75.3 Å². The van der Waals surface area contributed by atoms with Crippen molar-refractivity contribution in [1.29, 1.82) is 0 Å². The van der Waals surface area contributed by atoms with Crippen molar-refractivity contribution in [3.63, 3.8) is 0 Å². The molecule has 0 bridgehead atoms. The van der Waals surface area contributed by atoms with Crippen molar-refractivity contribution in [2.24, 2.45) is 0 Å². The van der Waals surface area contributed by atoms with E-state index in [0.717, 1.165) is 36.6 Å². The maximum atomic E-state index is 14.5. The van der Waals surface area contributed by atoms with E-state index in [4.69, 9.17) is 26.1 Å². The number of hydrogen-bond acceptors (Lipinski definition) is 8. The third-order valence-corrected chi connectivity index (χ3v) is 10.8. The Morgan fingerprint density at radius 3 is 2.65 bits per heavy atom. The predicted molar refractivity (Wildman–Crippen MR) is 186 cm³/mol. The van der Waals surface area contributed by atoms with E-state index in [-0.39, 0.29) is 34.5 Å². The SMILES string of the molecule is O=C(Cn1c2c(c(=O)n3nc(C4=CCOCC4)nc13)C1(CCC2)CCN(C(=O)c2cccc3c2NCCO3)CC1)Nc1ccc(C(F)(F)F)cc1Cl. The van der Waals surface area contributed by atoms with E-state index in [1.165, 1.54) is 4.52 Å². The van der Waals surface area contributed by atoms with Gasteiger partial charge in [0.05, 0.1) is 40.7 Å². The lowest BCUT2D eigenvalue weighted by molar-refractivity contribution is -0.137. The van der Waals surface area contributed by atoms with Gasteiger partial charge in [0.1, 0.15) is 18.9 Å². The van der Waals surface area contributed by atoms with Crippen LogP contribution in [0.2, 0.25) is 5.02 Å². The molecule has 3 aliphatic heterocycles. The zero-order valence-corrected chi connectivity index (χ0v) is 28.8. The number of anilines is 2. The standard InChI is InChI=1S/C36H35ClF3N7O5/c37-24-19-22(36(38,39)40)6-7-25(24)42-28(48)20-46-26-4-2-10-35(29(26)33(50)47-34(46)43-31(44-47)21-8-16-51-17-9-21)11-14-45(15-12-35)32(49)23-3-1-5-27-30(23)41-13-18-52-27/h1,3,5-8,19,41H,2,4,9-18,20H2,(H,42,48). The number of nitrogens with zero attached hydrogens (tertiary/aromatic N) is 5. The van der Waals surface area contributed by atoms with Crippen molar-refractivity contribution < 1.29 is 32.2 Å². The molecule has 5 heterocycles. The highest BCUT2D eigenvalue weighted by atomic mass is 35.5. The Bertz CT molecular complexity index is 2190. The van der Waals surface area contributed by atoms with Crippen molar-refractivity contribution in [2.75, 3.05) is 50.1 Å². The van der Waals surface area contributed by atoms with Crippen LogP contribution in [-0.2, 0) is 34.1 Å². The number of carbonyl (C=O) groups is 2. The highest BCUT2D eigenvalue weighted by molar-refractivity contribution is 6.33. The maximum Gasteiger partial charge on any atom is 0.416 e. The fraction of sp³-hybridized carbons (Fsp3) is 0.417. The molecule has 8 rings (SSSR count). The van der Waals surface area contributed by atoms with E-state index >= 15 is 0 Å². The first kappa shape index (κ1) is 34.2. The summed E-state index contributed by atoms with van der Waals surface area (Å²) >= 11 is 6.17. The highest BCUT2D eigenvalue weighted by Crippen LogP contribution is 2.44. The number of piperidine rings is 1. The van der Waals surface area contributed by atoms with E-state index < -0.39 is 23.1 Å². The Balaban J connectivity index is 1.14. The molecule has 1 aliphatic carbocycles. The molecule has 2 aromatic heterocycles. The van der Waals surface area contributed by atoms with Crippen molar-refractivity contribution in [1.82, 2.24) is 24.1 Å². The van der Waals surface area contributed by atoms with Gasteiger partial charge in [-0.15, -0.1) is 5.10 Å². The second-order valence-electron chi connectivity index (χ2n) is 13.5. The van der Waals surface area contributed by atoms with Gasteiger partial charge in [-0.2, -0.15) is 22.7 Å². The number of alkyl halides is 3. The summed E-state index contributed by atoms with van der Waals surface area (Å²) in [4.78, 5) is 48.5. The minimum Gasteiger partial charge on any atom is -0.490 e.